The second-order valence-corrected chi connectivity index (χ2v) is 3.04. The third-order valence-corrected chi connectivity index (χ3v) is 2.00. The molecule has 0 aliphatic rings. The maximum absolute atomic E-state index is 13.3. The highest BCUT2D eigenvalue weighted by Gasteiger charge is 2.04. The number of aromatic nitrogens is 1. The summed E-state index contributed by atoms with van der Waals surface area (Å²) in [6.07, 6.45) is 1.51. The molecule has 2 rings (SSSR count). The number of nitrogens with zero attached hydrogens (tertiary/aromatic N) is 1. The zero-order valence-corrected chi connectivity index (χ0v) is 7.21. The molecular formula is C10H9FN2. The van der Waals surface area contributed by atoms with E-state index in [1.54, 1.807) is 6.07 Å². The van der Waals surface area contributed by atoms with Gasteiger partial charge in [-0.2, -0.15) is 0 Å². The lowest BCUT2D eigenvalue weighted by Gasteiger charge is -2.03. The second-order valence-electron chi connectivity index (χ2n) is 3.04. The van der Waals surface area contributed by atoms with Crippen molar-refractivity contribution in [2.45, 2.75) is 6.92 Å². The summed E-state index contributed by atoms with van der Waals surface area (Å²) in [6.45, 7) is 1.83. The summed E-state index contributed by atoms with van der Waals surface area (Å²) >= 11 is 0. The summed E-state index contributed by atoms with van der Waals surface area (Å²) in [5.41, 5.74) is 6.47. The van der Waals surface area contributed by atoms with Crippen molar-refractivity contribution in [1.82, 2.24) is 4.98 Å². The molecule has 66 valence electrons. The Labute approximate surface area is 75.2 Å². The predicted molar refractivity (Wildman–Crippen MR) is 50.9 cm³/mol. The monoisotopic (exact) mass is 176 g/mol. The Morgan fingerprint density at radius 3 is 2.85 bits per heavy atom. The Morgan fingerprint density at radius 2 is 2.08 bits per heavy atom. The van der Waals surface area contributed by atoms with Gasteiger partial charge in [0.2, 0.25) is 0 Å². The average molecular weight is 176 g/mol. The van der Waals surface area contributed by atoms with Gasteiger partial charge < -0.3 is 5.73 Å². The molecule has 0 atom stereocenters. The number of anilines is 1. The van der Waals surface area contributed by atoms with Crippen LogP contribution in [0.15, 0.2) is 24.4 Å². The van der Waals surface area contributed by atoms with Gasteiger partial charge >= 0.3 is 0 Å². The number of aryl methyl sites for hydroxylation is 1. The smallest absolute Gasteiger partial charge is 0.131 e. The summed E-state index contributed by atoms with van der Waals surface area (Å²) in [5, 5.41) is 1.21. The number of pyridine rings is 1. The van der Waals surface area contributed by atoms with Crippen LogP contribution in [0.4, 0.5) is 10.2 Å². The minimum absolute atomic E-state index is 0.246. The number of fused-ring (bicyclic) bond motifs is 1. The highest BCUT2D eigenvalue weighted by Crippen LogP contribution is 2.22. The standard InChI is InChI=1S/C10H9FN2/c1-6-4-8-7(9(11)5-6)2-3-13-10(8)12/h2-5H,1H3,(H2,12,13). The van der Waals surface area contributed by atoms with E-state index in [1.165, 1.54) is 12.3 Å². The molecular weight excluding hydrogens is 167 g/mol. The largest absolute Gasteiger partial charge is 0.383 e. The molecule has 2 N–H and O–H groups in total. The number of rotatable bonds is 0. The van der Waals surface area contributed by atoms with Gasteiger partial charge in [0.05, 0.1) is 0 Å². The van der Waals surface area contributed by atoms with E-state index in [1.807, 2.05) is 13.0 Å². The van der Waals surface area contributed by atoms with E-state index in [0.717, 1.165) is 5.56 Å². The summed E-state index contributed by atoms with van der Waals surface area (Å²) in [6, 6.07) is 4.95. The van der Waals surface area contributed by atoms with Crippen molar-refractivity contribution in [1.29, 1.82) is 0 Å². The number of nitrogen functional groups attached to an aromatic ring is 1. The lowest BCUT2D eigenvalue weighted by molar-refractivity contribution is 0.638. The maximum Gasteiger partial charge on any atom is 0.131 e. The van der Waals surface area contributed by atoms with Gasteiger partial charge in [0.25, 0.3) is 0 Å². The summed E-state index contributed by atoms with van der Waals surface area (Å²) in [4.78, 5) is 3.90. The molecule has 0 amide bonds. The highest BCUT2D eigenvalue weighted by molar-refractivity contribution is 5.91. The first kappa shape index (κ1) is 7.98. The van der Waals surface area contributed by atoms with Crippen LogP contribution in [0.2, 0.25) is 0 Å². The Kier molecular flexibility index (Phi) is 1.65. The highest BCUT2D eigenvalue weighted by atomic mass is 19.1. The lowest BCUT2D eigenvalue weighted by atomic mass is 10.1. The number of hydrogen-bond donors (Lipinski definition) is 1. The number of benzene rings is 1. The average Bonchev–Trinajstić information content (AvgIpc) is 2.07. The Balaban J connectivity index is 2.94. The van der Waals surface area contributed by atoms with Crippen LogP contribution in [0.1, 0.15) is 5.56 Å². The zero-order chi connectivity index (χ0) is 9.42. The van der Waals surface area contributed by atoms with Gasteiger partial charge in [0.15, 0.2) is 0 Å². The topological polar surface area (TPSA) is 38.9 Å². The lowest BCUT2D eigenvalue weighted by Crippen LogP contribution is -1.92. The van der Waals surface area contributed by atoms with Crippen molar-refractivity contribution >= 4 is 16.6 Å². The third-order valence-electron chi connectivity index (χ3n) is 2.00. The summed E-state index contributed by atoms with van der Waals surface area (Å²) in [5.74, 6) is 0.129. The first-order chi connectivity index (χ1) is 6.18. The van der Waals surface area contributed by atoms with Gasteiger partial charge in [0.1, 0.15) is 11.6 Å². The molecule has 2 nitrogen and oxygen atoms in total. The van der Waals surface area contributed by atoms with E-state index in [4.69, 9.17) is 5.73 Å². The molecule has 0 unspecified atom stereocenters. The van der Waals surface area contributed by atoms with Crippen molar-refractivity contribution in [2.24, 2.45) is 0 Å². The third kappa shape index (κ3) is 1.22. The van der Waals surface area contributed by atoms with Crippen molar-refractivity contribution < 1.29 is 4.39 Å². The first-order valence-corrected chi connectivity index (χ1v) is 3.99. The van der Waals surface area contributed by atoms with Crippen LogP contribution >= 0.6 is 0 Å². The molecule has 13 heavy (non-hydrogen) atoms. The molecule has 0 saturated heterocycles. The van der Waals surface area contributed by atoms with E-state index in [-0.39, 0.29) is 5.82 Å². The molecule has 1 aromatic carbocycles. The van der Waals surface area contributed by atoms with Gasteiger partial charge in [-0.1, -0.05) is 0 Å². The van der Waals surface area contributed by atoms with E-state index in [2.05, 4.69) is 4.98 Å². The van der Waals surface area contributed by atoms with Gasteiger partial charge in [-0.05, 0) is 30.7 Å². The van der Waals surface area contributed by atoms with Crippen molar-refractivity contribution in [2.75, 3.05) is 5.73 Å². The molecule has 0 aliphatic carbocycles. The van der Waals surface area contributed by atoms with Gasteiger partial charge in [-0.3, -0.25) is 0 Å². The number of halogens is 1. The molecule has 1 aromatic heterocycles. The Bertz CT molecular complexity index is 466. The van der Waals surface area contributed by atoms with Crippen molar-refractivity contribution in [3.05, 3.63) is 35.8 Å². The maximum atomic E-state index is 13.3. The molecule has 1 heterocycles. The van der Waals surface area contributed by atoms with Gasteiger partial charge in [-0.25, -0.2) is 9.37 Å². The van der Waals surface area contributed by atoms with Crippen LogP contribution in [0.5, 0.6) is 0 Å². The normalized spacial score (nSPS) is 10.6. The van der Waals surface area contributed by atoms with Crippen LogP contribution in [0.3, 0.4) is 0 Å². The Morgan fingerprint density at radius 1 is 1.31 bits per heavy atom. The number of hydrogen-bond acceptors (Lipinski definition) is 2. The van der Waals surface area contributed by atoms with Crippen LogP contribution in [0.25, 0.3) is 10.8 Å². The van der Waals surface area contributed by atoms with Crippen LogP contribution in [-0.4, -0.2) is 4.98 Å². The minimum atomic E-state index is -0.246. The van der Waals surface area contributed by atoms with Crippen LogP contribution in [0, 0.1) is 12.7 Å². The van der Waals surface area contributed by atoms with E-state index in [9.17, 15) is 4.39 Å². The zero-order valence-electron chi connectivity index (χ0n) is 7.21. The van der Waals surface area contributed by atoms with E-state index >= 15 is 0 Å². The molecule has 0 bridgehead atoms. The SMILES string of the molecule is Cc1cc(F)c2ccnc(N)c2c1. The van der Waals surface area contributed by atoms with Gasteiger partial charge in [0, 0.05) is 17.0 Å². The number of nitrogens with two attached hydrogens (primary N) is 1. The minimum Gasteiger partial charge on any atom is -0.383 e. The molecule has 0 spiro atoms. The predicted octanol–water partition coefficient (Wildman–Crippen LogP) is 2.26. The molecule has 0 radical (unpaired) electrons. The Hall–Kier alpha value is -1.64. The van der Waals surface area contributed by atoms with Crippen molar-refractivity contribution in [3.8, 4) is 0 Å². The van der Waals surface area contributed by atoms with Gasteiger partial charge in [-0.15, -0.1) is 0 Å². The van der Waals surface area contributed by atoms with Crippen LogP contribution < -0.4 is 5.73 Å². The summed E-state index contributed by atoms with van der Waals surface area (Å²) in [7, 11) is 0. The fourth-order valence-corrected chi connectivity index (χ4v) is 1.40. The fraction of sp³-hybridized carbons (Fsp3) is 0.100. The quantitative estimate of drug-likeness (QED) is 0.668. The fourth-order valence-electron chi connectivity index (χ4n) is 1.40. The second kappa shape index (κ2) is 2.69. The molecule has 0 aliphatic heterocycles. The first-order valence-electron chi connectivity index (χ1n) is 3.99. The van der Waals surface area contributed by atoms with E-state index in [0.29, 0.717) is 16.6 Å². The molecule has 0 saturated carbocycles. The molecule has 0 fully saturated rings. The molecule has 3 heteroatoms. The van der Waals surface area contributed by atoms with E-state index < -0.39 is 0 Å². The molecule has 2 aromatic rings. The van der Waals surface area contributed by atoms with Crippen molar-refractivity contribution in [3.63, 3.8) is 0 Å². The van der Waals surface area contributed by atoms with Crippen LogP contribution in [-0.2, 0) is 0 Å². The summed E-state index contributed by atoms with van der Waals surface area (Å²) < 4.78 is 13.3.